The van der Waals surface area contributed by atoms with Gasteiger partial charge in [0.1, 0.15) is 0 Å². The van der Waals surface area contributed by atoms with Crippen molar-refractivity contribution in [2.45, 2.75) is 6.92 Å². The number of hydrogen-bond acceptors (Lipinski definition) is 2. The third kappa shape index (κ3) is 3.21. The van der Waals surface area contributed by atoms with E-state index in [4.69, 9.17) is 0 Å². The van der Waals surface area contributed by atoms with Crippen LogP contribution in [0.2, 0.25) is 0 Å². The second-order valence-corrected chi connectivity index (χ2v) is 1.32. The summed E-state index contributed by atoms with van der Waals surface area (Å²) >= 11 is 0. The zero-order chi connectivity index (χ0) is 6.57. The van der Waals surface area contributed by atoms with Gasteiger partial charge in [-0.15, -0.1) is 0 Å². The third-order valence-electron chi connectivity index (χ3n) is 0.457. The highest BCUT2D eigenvalue weighted by Gasteiger charge is 1.97. The summed E-state index contributed by atoms with van der Waals surface area (Å²) in [7, 11) is 1.27. The van der Waals surface area contributed by atoms with Gasteiger partial charge in [0.2, 0.25) is 0 Å². The largest absolute Gasteiger partial charge is 0.451 e. The minimum absolute atomic E-state index is 0.455. The maximum absolute atomic E-state index is 10.2. The molecule has 0 heterocycles. The molecule has 3 heteroatoms. The molecule has 0 aromatic heterocycles. The van der Waals surface area contributed by atoms with E-state index in [0.29, 0.717) is 5.70 Å². The van der Waals surface area contributed by atoms with Crippen molar-refractivity contribution >= 4 is 6.09 Å². The molecular formula is C5H8NO2. The van der Waals surface area contributed by atoms with Crippen molar-refractivity contribution in [3.8, 4) is 0 Å². The topological polar surface area (TPSA) is 40.4 Å². The van der Waals surface area contributed by atoms with Gasteiger partial charge >= 0.3 is 6.09 Å². The van der Waals surface area contributed by atoms with Crippen LogP contribution in [0.5, 0.6) is 0 Å². The van der Waals surface area contributed by atoms with Crippen molar-refractivity contribution in [3.63, 3.8) is 0 Å². The highest BCUT2D eigenvalue weighted by molar-refractivity contribution is 5.68. The summed E-state index contributed by atoms with van der Waals surface area (Å²) in [6, 6.07) is 0. The normalized spacial score (nSPS) is 7.75. The summed E-state index contributed by atoms with van der Waals surface area (Å²) in [5.74, 6) is 0. The second kappa shape index (κ2) is 3.07. The van der Waals surface area contributed by atoms with Crippen LogP contribution in [0.3, 0.4) is 0 Å². The molecule has 45 valence electrons. The van der Waals surface area contributed by atoms with Crippen molar-refractivity contribution in [3.05, 3.63) is 12.3 Å². The smallest absolute Gasteiger partial charge is 0.433 e. The lowest BCUT2D eigenvalue weighted by Gasteiger charge is -1.94. The van der Waals surface area contributed by atoms with E-state index in [1.54, 1.807) is 6.92 Å². The number of hydrogen-bond donors (Lipinski definition) is 0. The summed E-state index contributed by atoms with van der Waals surface area (Å²) in [5, 5.41) is 3.34. The van der Waals surface area contributed by atoms with Gasteiger partial charge in [-0.05, 0) is 6.92 Å². The number of nitrogens with zero attached hydrogens (tertiary/aromatic N) is 1. The molecule has 0 saturated carbocycles. The van der Waals surface area contributed by atoms with Crippen molar-refractivity contribution in [2.75, 3.05) is 7.11 Å². The average molecular weight is 114 g/mol. The first-order valence-corrected chi connectivity index (χ1v) is 2.12. The van der Waals surface area contributed by atoms with Crippen LogP contribution in [0.4, 0.5) is 4.79 Å². The summed E-state index contributed by atoms with van der Waals surface area (Å²) in [6.45, 7) is 5.00. The fraction of sp³-hybridized carbons (Fsp3) is 0.400. The second-order valence-electron chi connectivity index (χ2n) is 1.32. The summed E-state index contributed by atoms with van der Waals surface area (Å²) in [5.41, 5.74) is 0.455. The molecule has 0 bridgehead atoms. The molecule has 0 aliphatic heterocycles. The molecule has 0 aliphatic rings. The Morgan fingerprint density at radius 1 is 1.75 bits per heavy atom. The third-order valence-corrected chi connectivity index (χ3v) is 0.457. The van der Waals surface area contributed by atoms with Gasteiger partial charge in [-0.3, -0.25) is 0 Å². The molecule has 0 aromatic carbocycles. The Kier molecular flexibility index (Phi) is 2.69. The Morgan fingerprint density at radius 2 is 2.25 bits per heavy atom. The monoisotopic (exact) mass is 114 g/mol. The Balaban J connectivity index is 3.40. The highest BCUT2D eigenvalue weighted by Crippen LogP contribution is 1.82. The fourth-order valence-electron chi connectivity index (χ4n) is 0.201. The molecule has 0 aromatic rings. The Labute approximate surface area is 48.3 Å². The van der Waals surface area contributed by atoms with Crippen LogP contribution in [0.25, 0.3) is 0 Å². The van der Waals surface area contributed by atoms with Gasteiger partial charge in [0.15, 0.2) is 0 Å². The lowest BCUT2D eigenvalue weighted by atomic mass is 10.6. The van der Waals surface area contributed by atoms with Crippen LogP contribution in [-0.4, -0.2) is 13.2 Å². The number of carbonyl (C=O) groups is 1. The van der Waals surface area contributed by atoms with Crippen LogP contribution in [0.15, 0.2) is 12.3 Å². The Bertz CT molecular complexity index is 109. The molecule has 8 heavy (non-hydrogen) atoms. The molecule has 0 saturated heterocycles. The zero-order valence-corrected chi connectivity index (χ0v) is 4.97. The minimum atomic E-state index is -0.600. The van der Waals surface area contributed by atoms with E-state index in [1.165, 1.54) is 7.11 Å². The van der Waals surface area contributed by atoms with E-state index in [9.17, 15) is 4.79 Å². The molecule has 0 unspecified atom stereocenters. The Hall–Kier alpha value is -0.990. The predicted octanol–water partition coefficient (Wildman–Crippen LogP) is 0.891. The molecule has 0 spiro atoms. The molecule has 1 amide bonds. The predicted molar refractivity (Wildman–Crippen MR) is 29.4 cm³/mol. The number of methoxy groups -OCH3 is 1. The van der Waals surface area contributed by atoms with Gasteiger partial charge in [0.25, 0.3) is 0 Å². The van der Waals surface area contributed by atoms with Crippen LogP contribution in [-0.2, 0) is 4.74 Å². The van der Waals surface area contributed by atoms with Gasteiger partial charge in [-0.2, -0.15) is 5.32 Å². The van der Waals surface area contributed by atoms with Gasteiger partial charge in [0, 0.05) is 5.70 Å². The van der Waals surface area contributed by atoms with Crippen molar-refractivity contribution in [1.82, 2.24) is 5.32 Å². The lowest BCUT2D eigenvalue weighted by Crippen LogP contribution is -2.11. The van der Waals surface area contributed by atoms with Gasteiger partial charge in [-0.25, -0.2) is 4.79 Å². The van der Waals surface area contributed by atoms with Crippen LogP contribution >= 0.6 is 0 Å². The summed E-state index contributed by atoms with van der Waals surface area (Å²) < 4.78 is 4.19. The van der Waals surface area contributed by atoms with Gasteiger partial charge in [0.05, 0.1) is 7.11 Å². The minimum Gasteiger partial charge on any atom is -0.451 e. The fourth-order valence-corrected chi connectivity index (χ4v) is 0.201. The maximum atomic E-state index is 10.2. The molecule has 0 atom stereocenters. The van der Waals surface area contributed by atoms with Crippen molar-refractivity contribution in [1.29, 1.82) is 0 Å². The van der Waals surface area contributed by atoms with E-state index < -0.39 is 6.09 Å². The van der Waals surface area contributed by atoms with Crippen LogP contribution in [0, 0.1) is 0 Å². The Morgan fingerprint density at radius 3 is 2.38 bits per heavy atom. The quantitative estimate of drug-likeness (QED) is 0.508. The molecule has 1 radical (unpaired) electrons. The van der Waals surface area contributed by atoms with Crippen molar-refractivity contribution < 1.29 is 9.53 Å². The van der Waals surface area contributed by atoms with Crippen LogP contribution < -0.4 is 5.32 Å². The van der Waals surface area contributed by atoms with Crippen LogP contribution in [0.1, 0.15) is 6.92 Å². The van der Waals surface area contributed by atoms with E-state index in [0.717, 1.165) is 0 Å². The SMILES string of the molecule is C=C(C)[N]C(=O)OC. The molecule has 0 rings (SSSR count). The summed E-state index contributed by atoms with van der Waals surface area (Å²) in [4.78, 5) is 10.2. The summed E-state index contributed by atoms with van der Waals surface area (Å²) in [6.07, 6.45) is -0.600. The zero-order valence-electron chi connectivity index (χ0n) is 4.97. The number of ether oxygens (including phenoxy) is 1. The highest BCUT2D eigenvalue weighted by atomic mass is 16.5. The standard InChI is InChI=1S/C5H8NO2/c1-4(2)6-5(7)8-3/h1H2,2-3H3. The number of allylic oxidation sites excluding steroid dienone is 1. The van der Waals surface area contributed by atoms with E-state index in [1.807, 2.05) is 0 Å². The molecule has 0 aliphatic carbocycles. The molecule has 3 nitrogen and oxygen atoms in total. The number of carbonyl (C=O) groups excluding carboxylic acids is 1. The van der Waals surface area contributed by atoms with E-state index in [2.05, 4.69) is 16.6 Å². The average Bonchev–Trinajstić information content (AvgIpc) is 1.65. The first-order chi connectivity index (χ1) is 3.66. The molecule has 0 fully saturated rings. The number of rotatable bonds is 1. The molecular weight excluding hydrogens is 106 g/mol. The first-order valence-electron chi connectivity index (χ1n) is 2.12. The molecule has 0 N–H and O–H groups in total. The van der Waals surface area contributed by atoms with E-state index in [-0.39, 0.29) is 0 Å². The lowest BCUT2D eigenvalue weighted by molar-refractivity contribution is 0.173. The maximum Gasteiger partial charge on any atom is 0.433 e. The van der Waals surface area contributed by atoms with Gasteiger partial charge < -0.3 is 4.74 Å². The van der Waals surface area contributed by atoms with Gasteiger partial charge in [-0.1, -0.05) is 6.58 Å². The first kappa shape index (κ1) is 7.01. The number of amides is 1. The van der Waals surface area contributed by atoms with Crippen molar-refractivity contribution in [2.24, 2.45) is 0 Å². The van der Waals surface area contributed by atoms with E-state index >= 15 is 0 Å².